The van der Waals surface area contributed by atoms with Crippen LogP contribution in [0.4, 0.5) is 0 Å². The van der Waals surface area contributed by atoms with Crippen LogP contribution in [0.3, 0.4) is 0 Å². The van der Waals surface area contributed by atoms with Gasteiger partial charge >= 0.3 is 0 Å². The lowest BCUT2D eigenvalue weighted by molar-refractivity contribution is 0.126. The molecule has 0 aromatic rings. The predicted molar refractivity (Wildman–Crippen MR) is 69.7 cm³/mol. The molecule has 0 spiro atoms. The second-order valence-corrected chi connectivity index (χ2v) is 5.38. The Kier molecular flexibility index (Phi) is 7.06. The summed E-state index contributed by atoms with van der Waals surface area (Å²) in [7, 11) is 0. The van der Waals surface area contributed by atoms with Gasteiger partial charge in [-0.3, -0.25) is 0 Å². The average Bonchev–Trinajstić information content (AvgIpc) is 2.28. The molecule has 2 heteroatoms. The Balaban J connectivity index is 1.97. The van der Waals surface area contributed by atoms with Crippen molar-refractivity contribution in [1.29, 1.82) is 0 Å². The number of unbranched alkanes of at least 4 members (excludes halogenated alkanes) is 1. The van der Waals surface area contributed by atoms with Crippen LogP contribution in [0, 0.1) is 11.8 Å². The zero-order valence-corrected chi connectivity index (χ0v) is 11.3. The van der Waals surface area contributed by atoms with Crippen molar-refractivity contribution < 1.29 is 4.74 Å². The van der Waals surface area contributed by atoms with Crippen molar-refractivity contribution >= 4 is 0 Å². The quantitative estimate of drug-likeness (QED) is 0.674. The molecule has 0 aromatic heterocycles. The van der Waals surface area contributed by atoms with E-state index < -0.39 is 0 Å². The van der Waals surface area contributed by atoms with Gasteiger partial charge in [0.1, 0.15) is 0 Å². The molecule has 0 aromatic carbocycles. The van der Waals surface area contributed by atoms with Crippen molar-refractivity contribution in [3.8, 4) is 0 Å². The molecule has 2 nitrogen and oxygen atoms in total. The van der Waals surface area contributed by atoms with Crippen LogP contribution in [0.5, 0.6) is 0 Å². The van der Waals surface area contributed by atoms with Gasteiger partial charge in [0.15, 0.2) is 0 Å². The van der Waals surface area contributed by atoms with Gasteiger partial charge in [0.25, 0.3) is 0 Å². The number of rotatable bonds is 7. The summed E-state index contributed by atoms with van der Waals surface area (Å²) in [6.45, 7) is 9.80. The maximum atomic E-state index is 5.55. The van der Waals surface area contributed by atoms with Gasteiger partial charge < -0.3 is 10.1 Å². The first-order chi connectivity index (χ1) is 7.74. The second kappa shape index (κ2) is 8.08. The van der Waals surface area contributed by atoms with Gasteiger partial charge in [-0.15, -0.1) is 0 Å². The van der Waals surface area contributed by atoms with Crippen molar-refractivity contribution in [2.75, 3.05) is 19.8 Å². The van der Waals surface area contributed by atoms with Crippen LogP contribution in [0.1, 0.15) is 52.9 Å². The van der Waals surface area contributed by atoms with E-state index in [4.69, 9.17) is 4.74 Å². The zero-order chi connectivity index (χ0) is 11.8. The van der Waals surface area contributed by atoms with Crippen LogP contribution >= 0.6 is 0 Å². The van der Waals surface area contributed by atoms with E-state index >= 15 is 0 Å². The molecule has 1 N–H and O–H groups in total. The zero-order valence-electron chi connectivity index (χ0n) is 11.3. The van der Waals surface area contributed by atoms with Crippen molar-refractivity contribution in [3.63, 3.8) is 0 Å². The minimum Gasteiger partial charge on any atom is -0.380 e. The number of hydrogen-bond donors (Lipinski definition) is 1. The highest BCUT2D eigenvalue weighted by Gasteiger charge is 2.23. The molecule has 1 fully saturated rings. The molecule has 1 saturated carbocycles. The van der Waals surface area contributed by atoms with Gasteiger partial charge in [-0.05, 0) is 37.5 Å². The van der Waals surface area contributed by atoms with Crippen LogP contribution in [0.25, 0.3) is 0 Å². The van der Waals surface area contributed by atoms with Gasteiger partial charge in [0.05, 0.1) is 6.61 Å². The van der Waals surface area contributed by atoms with Gasteiger partial charge in [-0.25, -0.2) is 0 Å². The van der Waals surface area contributed by atoms with Crippen molar-refractivity contribution in [2.24, 2.45) is 11.8 Å². The molecular weight excluding hydrogens is 198 g/mol. The third-order valence-corrected chi connectivity index (χ3v) is 3.92. The number of ether oxygens (including phenoxy) is 1. The molecule has 0 saturated heterocycles. The van der Waals surface area contributed by atoms with E-state index in [0.717, 1.165) is 37.6 Å². The lowest BCUT2D eigenvalue weighted by Crippen LogP contribution is -2.37. The summed E-state index contributed by atoms with van der Waals surface area (Å²) in [6, 6.07) is 0.737. The third-order valence-electron chi connectivity index (χ3n) is 3.92. The highest BCUT2D eigenvalue weighted by molar-refractivity contribution is 4.79. The summed E-state index contributed by atoms with van der Waals surface area (Å²) in [4.78, 5) is 0. The summed E-state index contributed by atoms with van der Waals surface area (Å²) in [5.74, 6) is 1.80. The van der Waals surface area contributed by atoms with Crippen LogP contribution in [0.2, 0.25) is 0 Å². The Morgan fingerprint density at radius 2 is 1.94 bits per heavy atom. The van der Waals surface area contributed by atoms with Gasteiger partial charge in [0.2, 0.25) is 0 Å². The van der Waals surface area contributed by atoms with E-state index in [0.29, 0.717) is 0 Å². The molecule has 0 amide bonds. The number of nitrogens with one attached hydrogen (secondary N) is 1. The Morgan fingerprint density at radius 3 is 2.62 bits per heavy atom. The molecule has 3 atom stereocenters. The summed E-state index contributed by atoms with van der Waals surface area (Å²) in [5.41, 5.74) is 0. The normalized spacial score (nSPS) is 30.6. The standard InChI is InChI=1S/C14H29NO/c1-4-5-9-16-10-8-15-14-7-6-12(2)13(3)11-14/h12-15H,4-11H2,1-3H3. The first-order valence-electron chi connectivity index (χ1n) is 7.05. The lowest BCUT2D eigenvalue weighted by atomic mass is 9.79. The minimum atomic E-state index is 0.737. The average molecular weight is 227 g/mol. The van der Waals surface area contributed by atoms with E-state index in [1.165, 1.54) is 32.1 Å². The van der Waals surface area contributed by atoms with E-state index in [-0.39, 0.29) is 0 Å². The summed E-state index contributed by atoms with van der Waals surface area (Å²) >= 11 is 0. The van der Waals surface area contributed by atoms with Gasteiger partial charge in [-0.2, -0.15) is 0 Å². The Bertz CT molecular complexity index is 172. The van der Waals surface area contributed by atoms with E-state index in [1.54, 1.807) is 0 Å². The Morgan fingerprint density at radius 1 is 1.12 bits per heavy atom. The van der Waals surface area contributed by atoms with E-state index in [1.807, 2.05) is 0 Å². The SMILES string of the molecule is CCCCOCCNC1CCC(C)C(C)C1. The van der Waals surface area contributed by atoms with Crippen LogP contribution < -0.4 is 5.32 Å². The van der Waals surface area contributed by atoms with Crippen molar-refractivity contribution in [1.82, 2.24) is 5.32 Å². The fourth-order valence-corrected chi connectivity index (χ4v) is 2.42. The van der Waals surface area contributed by atoms with Crippen molar-refractivity contribution in [3.05, 3.63) is 0 Å². The Labute approximate surface area is 101 Å². The molecule has 3 unspecified atom stereocenters. The molecule has 0 bridgehead atoms. The predicted octanol–water partition coefficient (Wildman–Crippen LogP) is 3.22. The molecule has 16 heavy (non-hydrogen) atoms. The third kappa shape index (κ3) is 5.31. The van der Waals surface area contributed by atoms with Gasteiger partial charge in [0, 0.05) is 19.2 Å². The first-order valence-corrected chi connectivity index (χ1v) is 7.05. The molecule has 0 heterocycles. The Hall–Kier alpha value is -0.0800. The highest BCUT2D eigenvalue weighted by atomic mass is 16.5. The lowest BCUT2D eigenvalue weighted by Gasteiger charge is -2.32. The molecule has 1 aliphatic rings. The highest BCUT2D eigenvalue weighted by Crippen LogP contribution is 2.29. The smallest absolute Gasteiger partial charge is 0.0590 e. The molecular formula is C14H29NO. The fraction of sp³-hybridized carbons (Fsp3) is 1.00. The topological polar surface area (TPSA) is 21.3 Å². The van der Waals surface area contributed by atoms with E-state index in [2.05, 4.69) is 26.1 Å². The summed E-state index contributed by atoms with van der Waals surface area (Å²) in [6.07, 6.45) is 6.50. The second-order valence-electron chi connectivity index (χ2n) is 5.38. The van der Waals surface area contributed by atoms with Gasteiger partial charge in [-0.1, -0.05) is 27.2 Å². The first kappa shape index (κ1) is 14.0. The van der Waals surface area contributed by atoms with Crippen molar-refractivity contribution in [2.45, 2.75) is 58.9 Å². The van der Waals surface area contributed by atoms with E-state index in [9.17, 15) is 0 Å². The van der Waals surface area contributed by atoms with Crippen LogP contribution in [0.15, 0.2) is 0 Å². The molecule has 1 rings (SSSR count). The monoisotopic (exact) mass is 227 g/mol. The number of hydrogen-bond acceptors (Lipinski definition) is 2. The van der Waals surface area contributed by atoms with Crippen LogP contribution in [-0.2, 0) is 4.74 Å². The molecule has 1 aliphatic carbocycles. The fourth-order valence-electron chi connectivity index (χ4n) is 2.42. The molecule has 0 aliphatic heterocycles. The summed E-state index contributed by atoms with van der Waals surface area (Å²) in [5, 5.41) is 3.62. The minimum absolute atomic E-state index is 0.737. The van der Waals surface area contributed by atoms with Crippen LogP contribution in [-0.4, -0.2) is 25.8 Å². The molecule has 0 radical (unpaired) electrons. The molecule has 96 valence electrons. The maximum Gasteiger partial charge on any atom is 0.0590 e. The maximum absolute atomic E-state index is 5.55. The largest absolute Gasteiger partial charge is 0.380 e. The summed E-state index contributed by atoms with van der Waals surface area (Å²) < 4.78 is 5.55.